The van der Waals surface area contributed by atoms with Gasteiger partial charge in [0.05, 0.1) is 6.04 Å². The third kappa shape index (κ3) is 3.00. The largest absolute Gasteiger partial charge is 0.337 e. The number of nitrogens with zero attached hydrogens (tertiary/aromatic N) is 3. The summed E-state index contributed by atoms with van der Waals surface area (Å²) in [6, 6.07) is 7.11. The first-order valence-electron chi connectivity index (χ1n) is 8.57. The monoisotopic (exact) mass is 355 g/mol. The molecule has 3 rings (SSSR count). The molecule has 0 N–H and O–H groups in total. The van der Waals surface area contributed by atoms with Crippen molar-refractivity contribution in [2.75, 3.05) is 20.1 Å². The molecule has 1 saturated heterocycles. The fraction of sp³-hybridized carbons (Fsp3) is 0.368. The van der Waals surface area contributed by atoms with Gasteiger partial charge in [0.2, 0.25) is 5.91 Å². The van der Waals surface area contributed by atoms with Gasteiger partial charge in [0.15, 0.2) is 0 Å². The fourth-order valence-electron chi connectivity index (χ4n) is 3.53. The lowest BCUT2D eigenvalue weighted by molar-refractivity contribution is -0.145. The Bertz CT molecular complexity index is 789. The highest BCUT2D eigenvalue weighted by atomic mass is 16.2. The number of likely N-dealkylation sites (N-methyl/N-ethyl adjacent to an activating group) is 1. The van der Waals surface area contributed by atoms with E-state index in [-0.39, 0.29) is 18.5 Å². The van der Waals surface area contributed by atoms with Crippen molar-refractivity contribution >= 4 is 23.8 Å². The summed E-state index contributed by atoms with van der Waals surface area (Å²) in [6.07, 6.45) is 4.12. The van der Waals surface area contributed by atoms with E-state index in [1.807, 2.05) is 18.2 Å². The number of aryl methyl sites for hydroxylation is 1. The molecule has 1 aliphatic heterocycles. The van der Waals surface area contributed by atoms with Crippen LogP contribution in [0.25, 0.3) is 0 Å². The van der Waals surface area contributed by atoms with Gasteiger partial charge in [-0.3, -0.25) is 19.3 Å². The van der Waals surface area contributed by atoms with Gasteiger partial charge in [-0.2, -0.15) is 0 Å². The molecule has 0 saturated carbocycles. The Morgan fingerprint density at radius 3 is 2.65 bits per heavy atom. The summed E-state index contributed by atoms with van der Waals surface area (Å²) in [5.74, 6) is -2.27. The predicted molar refractivity (Wildman–Crippen MR) is 93.9 cm³/mol. The number of amides is 5. The van der Waals surface area contributed by atoms with Crippen LogP contribution in [0.1, 0.15) is 30.0 Å². The Morgan fingerprint density at radius 2 is 1.92 bits per heavy atom. The first-order valence-corrected chi connectivity index (χ1v) is 8.57. The van der Waals surface area contributed by atoms with Gasteiger partial charge in [0.1, 0.15) is 6.54 Å². The smallest absolute Gasteiger partial charge is 0.335 e. The third-order valence-electron chi connectivity index (χ3n) is 4.94. The minimum atomic E-state index is -0.970. The van der Waals surface area contributed by atoms with Gasteiger partial charge in [-0.05, 0) is 30.4 Å². The van der Waals surface area contributed by atoms with Crippen molar-refractivity contribution in [2.45, 2.75) is 25.3 Å². The summed E-state index contributed by atoms with van der Waals surface area (Å²) in [5.41, 5.74) is 2.31. The SMILES string of the molecule is C=CCN1C(=O)C(=O)N(CC(=O)N(C)[C@@H]2CCCc3ccccc32)C1=O. The predicted octanol–water partition coefficient (Wildman–Crippen LogP) is 1.50. The molecule has 1 aliphatic carbocycles. The van der Waals surface area contributed by atoms with Crippen molar-refractivity contribution in [1.29, 1.82) is 0 Å². The van der Waals surface area contributed by atoms with E-state index in [0.717, 1.165) is 29.7 Å². The summed E-state index contributed by atoms with van der Waals surface area (Å²) in [5, 5.41) is 0. The summed E-state index contributed by atoms with van der Waals surface area (Å²) in [4.78, 5) is 51.9. The number of fused-ring (bicyclic) bond motifs is 1. The first kappa shape index (κ1) is 17.8. The zero-order valence-electron chi connectivity index (χ0n) is 14.7. The quantitative estimate of drug-likeness (QED) is 0.456. The lowest BCUT2D eigenvalue weighted by atomic mass is 9.87. The van der Waals surface area contributed by atoms with Crippen LogP contribution in [-0.4, -0.2) is 58.6 Å². The van der Waals surface area contributed by atoms with Crippen LogP contribution in [0.15, 0.2) is 36.9 Å². The molecule has 0 aromatic heterocycles. The molecular formula is C19H21N3O4. The number of carbonyl (C=O) groups is 4. The second-order valence-corrected chi connectivity index (χ2v) is 6.49. The molecule has 2 aliphatic rings. The highest BCUT2D eigenvalue weighted by molar-refractivity contribution is 6.45. The van der Waals surface area contributed by atoms with E-state index in [0.29, 0.717) is 4.90 Å². The van der Waals surface area contributed by atoms with Crippen LogP contribution >= 0.6 is 0 Å². The molecule has 0 bridgehead atoms. The van der Waals surface area contributed by atoms with Crippen molar-refractivity contribution < 1.29 is 19.2 Å². The third-order valence-corrected chi connectivity index (χ3v) is 4.94. The lowest BCUT2D eigenvalue weighted by Crippen LogP contribution is -2.43. The summed E-state index contributed by atoms with van der Waals surface area (Å²) >= 11 is 0. The van der Waals surface area contributed by atoms with Crippen LogP contribution < -0.4 is 0 Å². The highest BCUT2D eigenvalue weighted by Gasteiger charge is 2.45. The van der Waals surface area contributed by atoms with Gasteiger partial charge in [-0.15, -0.1) is 6.58 Å². The van der Waals surface area contributed by atoms with Gasteiger partial charge in [0.25, 0.3) is 0 Å². The van der Waals surface area contributed by atoms with Gasteiger partial charge in [-0.25, -0.2) is 9.69 Å². The molecule has 0 radical (unpaired) electrons. The maximum atomic E-state index is 12.7. The van der Waals surface area contributed by atoms with E-state index in [1.54, 1.807) is 11.9 Å². The summed E-state index contributed by atoms with van der Waals surface area (Å²) < 4.78 is 0. The minimum Gasteiger partial charge on any atom is -0.337 e. The van der Waals surface area contributed by atoms with Crippen LogP contribution in [0, 0.1) is 0 Å². The van der Waals surface area contributed by atoms with Crippen molar-refractivity contribution in [3.63, 3.8) is 0 Å². The average Bonchev–Trinajstić information content (AvgIpc) is 2.85. The number of urea groups is 1. The molecule has 1 aromatic carbocycles. The zero-order chi connectivity index (χ0) is 18.8. The van der Waals surface area contributed by atoms with E-state index in [1.165, 1.54) is 11.6 Å². The Kier molecular flexibility index (Phi) is 4.88. The maximum absolute atomic E-state index is 12.7. The lowest BCUT2D eigenvalue weighted by Gasteiger charge is -2.34. The van der Waals surface area contributed by atoms with Gasteiger partial charge in [-0.1, -0.05) is 30.3 Å². The molecule has 1 atom stereocenters. The number of imide groups is 2. The Labute approximate surface area is 151 Å². The van der Waals surface area contributed by atoms with E-state index in [9.17, 15) is 19.2 Å². The van der Waals surface area contributed by atoms with E-state index in [4.69, 9.17) is 0 Å². The number of hydrogen-bond acceptors (Lipinski definition) is 4. The topological polar surface area (TPSA) is 78.0 Å². The number of hydrogen-bond donors (Lipinski definition) is 0. The summed E-state index contributed by atoms with van der Waals surface area (Å²) in [6.45, 7) is 2.97. The van der Waals surface area contributed by atoms with Crippen molar-refractivity contribution in [3.05, 3.63) is 48.0 Å². The molecule has 0 unspecified atom stereocenters. The first-order chi connectivity index (χ1) is 12.5. The molecule has 1 heterocycles. The molecule has 7 heteroatoms. The fourth-order valence-corrected chi connectivity index (χ4v) is 3.53. The van der Waals surface area contributed by atoms with Crippen LogP contribution in [0.2, 0.25) is 0 Å². The van der Waals surface area contributed by atoms with Crippen molar-refractivity contribution in [2.24, 2.45) is 0 Å². The van der Waals surface area contributed by atoms with Crippen molar-refractivity contribution in [3.8, 4) is 0 Å². The average molecular weight is 355 g/mol. The molecule has 1 fully saturated rings. The molecule has 26 heavy (non-hydrogen) atoms. The Morgan fingerprint density at radius 1 is 1.23 bits per heavy atom. The van der Waals surface area contributed by atoms with Crippen molar-refractivity contribution in [1.82, 2.24) is 14.7 Å². The van der Waals surface area contributed by atoms with Crippen LogP contribution in [0.4, 0.5) is 4.79 Å². The molecular weight excluding hydrogens is 334 g/mol. The summed E-state index contributed by atoms with van der Waals surface area (Å²) in [7, 11) is 1.67. The van der Waals surface area contributed by atoms with Gasteiger partial charge >= 0.3 is 17.8 Å². The second kappa shape index (κ2) is 7.11. The molecule has 5 amide bonds. The normalized spacial score (nSPS) is 19.6. The second-order valence-electron chi connectivity index (χ2n) is 6.49. The molecule has 7 nitrogen and oxygen atoms in total. The van der Waals surface area contributed by atoms with Gasteiger partial charge < -0.3 is 4.90 Å². The maximum Gasteiger partial charge on any atom is 0.335 e. The standard InChI is InChI=1S/C19H21N3O4/c1-3-11-21-17(24)18(25)22(19(21)26)12-16(23)20(2)15-10-6-8-13-7-4-5-9-14(13)15/h3-5,7,9,15H,1,6,8,10-12H2,2H3/t15-/m1/s1. The number of benzene rings is 1. The number of carbonyl (C=O) groups excluding carboxylic acids is 4. The Hall–Kier alpha value is -2.96. The van der Waals surface area contributed by atoms with E-state index >= 15 is 0 Å². The van der Waals surface area contributed by atoms with E-state index < -0.39 is 24.4 Å². The highest BCUT2D eigenvalue weighted by Crippen LogP contribution is 2.33. The number of rotatable bonds is 5. The molecule has 0 spiro atoms. The van der Waals surface area contributed by atoms with E-state index in [2.05, 4.69) is 12.6 Å². The zero-order valence-corrected chi connectivity index (χ0v) is 14.7. The van der Waals surface area contributed by atoms with Gasteiger partial charge in [0, 0.05) is 13.6 Å². The van der Waals surface area contributed by atoms with Crippen LogP contribution in [-0.2, 0) is 20.8 Å². The van der Waals surface area contributed by atoms with Crippen LogP contribution in [0.3, 0.4) is 0 Å². The molecule has 1 aromatic rings. The minimum absolute atomic E-state index is 0.0556. The Balaban J connectivity index is 1.74. The van der Waals surface area contributed by atoms with Crippen LogP contribution in [0.5, 0.6) is 0 Å². The molecule has 136 valence electrons.